The lowest BCUT2D eigenvalue weighted by Gasteiger charge is -2.09. The number of thiophene rings is 1. The summed E-state index contributed by atoms with van der Waals surface area (Å²) >= 11 is 1.25. The second kappa shape index (κ2) is 9.07. The minimum atomic E-state index is -0.561. The number of nitrogens with one attached hydrogen (secondary N) is 2. The van der Waals surface area contributed by atoms with E-state index in [1.54, 1.807) is 30.3 Å². The van der Waals surface area contributed by atoms with Crippen molar-refractivity contribution in [1.82, 2.24) is 0 Å². The van der Waals surface area contributed by atoms with Crippen LogP contribution in [0.5, 0.6) is 5.75 Å². The number of hydrogen-bond acceptors (Lipinski definition) is 7. The smallest absolute Gasteiger partial charge is 0.340 e. The maximum absolute atomic E-state index is 13.0. The SMILES string of the molecule is CCOc1cccc2cc(C(=O)Nc3sc(-c4ccccc4)cc3C(=O)OC)c(=N)oc12. The van der Waals surface area contributed by atoms with Crippen molar-refractivity contribution in [2.45, 2.75) is 6.92 Å². The molecule has 4 rings (SSSR count). The van der Waals surface area contributed by atoms with E-state index in [2.05, 4.69) is 5.32 Å². The number of methoxy groups -OCH3 is 1. The molecule has 7 nitrogen and oxygen atoms in total. The van der Waals surface area contributed by atoms with Crippen LogP contribution in [-0.4, -0.2) is 25.6 Å². The molecule has 0 radical (unpaired) electrons. The van der Waals surface area contributed by atoms with E-state index < -0.39 is 11.9 Å². The summed E-state index contributed by atoms with van der Waals surface area (Å²) < 4.78 is 16.0. The van der Waals surface area contributed by atoms with E-state index in [1.165, 1.54) is 18.4 Å². The van der Waals surface area contributed by atoms with Crippen molar-refractivity contribution in [3.63, 3.8) is 0 Å². The van der Waals surface area contributed by atoms with Crippen LogP contribution in [0.3, 0.4) is 0 Å². The van der Waals surface area contributed by atoms with Crippen molar-refractivity contribution < 1.29 is 23.5 Å². The average molecular weight is 449 g/mol. The molecule has 0 aliphatic carbocycles. The molecule has 2 heterocycles. The number of benzene rings is 2. The molecule has 0 aliphatic rings. The van der Waals surface area contributed by atoms with Gasteiger partial charge in [0.15, 0.2) is 11.3 Å². The normalized spacial score (nSPS) is 10.7. The average Bonchev–Trinajstić information content (AvgIpc) is 3.23. The number of rotatable bonds is 6. The molecule has 2 aromatic heterocycles. The summed E-state index contributed by atoms with van der Waals surface area (Å²) in [6.45, 7) is 2.30. The zero-order chi connectivity index (χ0) is 22.7. The van der Waals surface area contributed by atoms with Crippen molar-refractivity contribution in [3.05, 3.63) is 77.3 Å². The molecule has 2 aromatic carbocycles. The van der Waals surface area contributed by atoms with Gasteiger partial charge in [-0.15, -0.1) is 11.3 Å². The Hall–Kier alpha value is -3.91. The first-order valence-corrected chi connectivity index (χ1v) is 10.7. The number of amides is 1. The monoisotopic (exact) mass is 448 g/mol. The van der Waals surface area contributed by atoms with E-state index in [9.17, 15) is 9.59 Å². The van der Waals surface area contributed by atoms with E-state index in [0.29, 0.717) is 28.3 Å². The second-order valence-electron chi connectivity index (χ2n) is 6.76. The lowest BCUT2D eigenvalue weighted by atomic mass is 10.1. The van der Waals surface area contributed by atoms with Crippen molar-refractivity contribution in [2.24, 2.45) is 0 Å². The Morgan fingerprint density at radius 3 is 2.56 bits per heavy atom. The van der Waals surface area contributed by atoms with Crippen molar-refractivity contribution in [1.29, 1.82) is 5.41 Å². The maximum Gasteiger partial charge on any atom is 0.340 e. The minimum absolute atomic E-state index is 0.0385. The predicted octanol–water partition coefficient (Wildman–Crippen LogP) is 5.08. The molecule has 0 fully saturated rings. The third kappa shape index (κ3) is 4.13. The Morgan fingerprint density at radius 2 is 1.84 bits per heavy atom. The first-order chi connectivity index (χ1) is 15.5. The number of carbonyl (C=O) groups is 2. The zero-order valence-electron chi connectivity index (χ0n) is 17.4. The van der Waals surface area contributed by atoms with E-state index in [-0.39, 0.29) is 16.7 Å². The maximum atomic E-state index is 13.0. The number of fused-ring (bicyclic) bond motifs is 1. The molecule has 0 saturated heterocycles. The van der Waals surface area contributed by atoms with Crippen molar-refractivity contribution >= 4 is 39.2 Å². The van der Waals surface area contributed by atoms with Crippen LogP contribution < -0.4 is 15.6 Å². The third-order valence-corrected chi connectivity index (χ3v) is 5.82. The number of para-hydroxylation sites is 1. The first kappa shape index (κ1) is 21.3. The summed E-state index contributed by atoms with van der Waals surface area (Å²) in [7, 11) is 1.29. The molecule has 0 spiro atoms. The minimum Gasteiger partial charge on any atom is -0.490 e. The fourth-order valence-electron chi connectivity index (χ4n) is 3.23. The molecule has 2 N–H and O–H groups in total. The van der Waals surface area contributed by atoms with E-state index in [0.717, 1.165) is 10.4 Å². The Balaban J connectivity index is 1.71. The Bertz CT molecular complexity index is 1360. The summed E-state index contributed by atoms with van der Waals surface area (Å²) in [6.07, 6.45) is 0. The number of ether oxygens (including phenoxy) is 2. The van der Waals surface area contributed by atoms with Gasteiger partial charge in [-0.1, -0.05) is 42.5 Å². The van der Waals surface area contributed by atoms with Crippen LogP contribution in [0.25, 0.3) is 21.4 Å². The molecule has 8 heteroatoms. The van der Waals surface area contributed by atoms with E-state index >= 15 is 0 Å². The van der Waals surface area contributed by atoms with Crippen molar-refractivity contribution in [2.75, 3.05) is 19.0 Å². The molecule has 1 amide bonds. The van der Waals surface area contributed by atoms with Gasteiger partial charge < -0.3 is 19.2 Å². The summed E-state index contributed by atoms with van der Waals surface area (Å²) in [5.41, 5.74) is 1.29. The molecular formula is C24H20N2O5S. The molecule has 0 unspecified atom stereocenters. The van der Waals surface area contributed by atoms with Crippen molar-refractivity contribution in [3.8, 4) is 16.2 Å². The van der Waals surface area contributed by atoms with Gasteiger partial charge in [-0.25, -0.2) is 4.79 Å². The highest BCUT2D eigenvalue weighted by Gasteiger charge is 2.21. The van der Waals surface area contributed by atoms with Crippen LogP contribution >= 0.6 is 11.3 Å². The summed E-state index contributed by atoms with van der Waals surface area (Å²) in [5.74, 6) is -0.618. The molecule has 0 aliphatic heterocycles. The Labute approximate surface area is 187 Å². The molecule has 32 heavy (non-hydrogen) atoms. The molecule has 0 atom stereocenters. The van der Waals surface area contributed by atoms with Gasteiger partial charge in [-0.2, -0.15) is 0 Å². The summed E-state index contributed by atoms with van der Waals surface area (Å²) in [5, 5.41) is 11.9. The van der Waals surface area contributed by atoms with Crippen LogP contribution in [0.2, 0.25) is 0 Å². The molecular weight excluding hydrogens is 428 g/mol. The molecule has 0 bridgehead atoms. The largest absolute Gasteiger partial charge is 0.490 e. The number of hydrogen-bond donors (Lipinski definition) is 2. The summed E-state index contributed by atoms with van der Waals surface area (Å²) in [6, 6.07) is 18.1. The highest BCUT2D eigenvalue weighted by atomic mass is 32.1. The second-order valence-corrected chi connectivity index (χ2v) is 7.81. The van der Waals surface area contributed by atoms with E-state index in [1.807, 2.05) is 37.3 Å². The standard InChI is InChI=1S/C24H20N2O5S/c1-3-30-18-11-7-10-15-12-16(21(25)31-20(15)18)22(27)26-23-17(24(28)29-2)13-19(32-23)14-8-5-4-6-9-14/h4-13,25H,3H2,1-2H3,(H,26,27). The topological polar surface area (TPSA) is 102 Å². The predicted molar refractivity (Wildman–Crippen MR) is 122 cm³/mol. The van der Waals surface area contributed by atoms with E-state index in [4.69, 9.17) is 19.3 Å². The zero-order valence-corrected chi connectivity index (χ0v) is 18.2. The Morgan fingerprint density at radius 1 is 1.06 bits per heavy atom. The summed E-state index contributed by atoms with van der Waals surface area (Å²) in [4.78, 5) is 26.1. The van der Waals surface area contributed by atoms with Crippen LogP contribution in [0.4, 0.5) is 5.00 Å². The van der Waals surface area contributed by atoms with Gasteiger partial charge in [0.05, 0.1) is 19.3 Å². The number of anilines is 1. The van der Waals surface area contributed by atoms with Gasteiger partial charge in [-0.05, 0) is 30.7 Å². The Kier molecular flexibility index (Phi) is 6.04. The highest BCUT2D eigenvalue weighted by molar-refractivity contribution is 7.20. The van der Waals surface area contributed by atoms with Crippen LogP contribution in [0.1, 0.15) is 27.6 Å². The first-order valence-electron chi connectivity index (χ1n) is 9.85. The lowest BCUT2D eigenvalue weighted by Crippen LogP contribution is -2.21. The quantitative estimate of drug-likeness (QED) is 0.401. The molecule has 162 valence electrons. The van der Waals surface area contributed by atoms with Crippen LogP contribution in [0, 0.1) is 5.41 Å². The van der Waals surface area contributed by atoms with Gasteiger partial charge in [0.1, 0.15) is 10.6 Å². The van der Waals surface area contributed by atoms with Gasteiger partial charge in [0.2, 0.25) is 5.55 Å². The fraction of sp³-hybridized carbons (Fsp3) is 0.125. The van der Waals surface area contributed by atoms with Crippen LogP contribution in [0.15, 0.2) is 65.1 Å². The van der Waals surface area contributed by atoms with Gasteiger partial charge in [-0.3, -0.25) is 10.2 Å². The highest BCUT2D eigenvalue weighted by Crippen LogP contribution is 2.36. The number of carbonyl (C=O) groups excluding carboxylic acids is 2. The molecule has 4 aromatic rings. The lowest BCUT2D eigenvalue weighted by molar-refractivity contribution is 0.0602. The van der Waals surface area contributed by atoms with Crippen LogP contribution in [-0.2, 0) is 4.74 Å². The molecule has 0 saturated carbocycles. The fourth-order valence-corrected chi connectivity index (χ4v) is 4.28. The number of esters is 1. The van der Waals surface area contributed by atoms with Gasteiger partial charge >= 0.3 is 5.97 Å². The third-order valence-electron chi connectivity index (χ3n) is 4.73. The van der Waals surface area contributed by atoms with Gasteiger partial charge in [0.25, 0.3) is 5.91 Å². The van der Waals surface area contributed by atoms with Gasteiger partial charge in [0, 0.05) is 10.3 Å².